The van der Waals surface area contributed by atoms with Crippen molar-refractivity contribution >= 4 is 29.0 Å². The van der Waals surface area contributed by atoms with Gasteiger partial charge < -0.3 is 10.1 Å². The molecule has 0 saturated carbocycles. The van der Waals surface area contributed by atoms with E-state index in [1.165, 1.54) is 11.8 Å². The second-order valence-corrected chi connectivity index (χ2v) is 5.60. The van der Waals surface area contributed by atoms with Gasteiger partial charge in [-0.15, -0.1) is 11.3 Å². The number of thiophene rings is 1. The van der Waals surface area contributed by atoms with Gasteiger partial charge in [0.25, 0.3) is 0 Å². The smallest absolute Gasteiger partial charge is 0.321 e. The maximum Gasteiger partial charge on any atom is 0.321 e. The van der Waals surface area contributed by atoms with Crippen LogP contribution in [0.4, 0.5) is 5.95 Å². The quantitative estimate of drug-likeness (QED) is 0.879. The number of hydrogen-bond acceptors (Lipinski definition) is 7. The number of ether oxygens (including phenoxy) is 1. The minimum atomic E-state index is 0.336. The predicted octanol–water partition coefficient (Wildman–Crippen LogP) is 2.91. The van der Waals surface area contributed by atoms with Crippen molar-refractivity contribution in [1.82, 2.24) is 15.0 Å². The summed E-state index contributed by atoms with van der Waals surface area (Å²) in [7, 11) is 1.55. The van der Waals surface area contributed by atoms with Crippen LogP contribution in [0.3, 0.4) is 0 Å². The van der Waals surface area contributed by atoms with Crippen LogP contribution in [0.25, 0.3) is 0 Å². The van der Waals surface area contributed by atoms with E-state index in [9.17, 15) is 0 Å². The third-order valence-corrected chi connectivity index (χ3v) is 3.90. The first kappa shape index (κ1) is 13.1. The Balaban J connectivity index is 2.17. The number of nitrogens with one attached hydrogen (secondary N) is 1. The van der Waals surface area contributed by atoms with Gasteiger partial charge in [0.05, 0.1) is 11.3 Å². The van der Waals surface area contributed by atoms with Crippen LogP contribution in [0.1, 0.15) is 13.3 Å². The summed E-state index contributed by atoms with van der Waals surface area (Å²) in [5.74, 6) is 0.558. The number of aromatic nitrogens is 3. The molecule has 5 nitrogen and oxygen atoms in total. The summed E-state index contributed by atoms with van der Waals surface area (Å²) in [5.41, 5.74) is 0. The zero-order valence-corrected chi connectivity index (χ0v) is 11.8. The van der Waals surface area contributed by atoms with E-state index in [1.807, 2.05) is 17.5 Å². The summed E-state index contributed by atoms with van der Waals surface area (Å²) in [6, 6.07) is 4.37. The van der Waals surface area contributed by atoms with Crippen molar-refractivity contribution in [3.05, 3.63) is 17.5 Å². The average Bonchev–Trinajstić information content (AvgIpc) is 2.89. The Kier molecular flexibility index (Phi) is 4.77. The van der Waals surface area contributed by atoms with Crippen molar-refractivity contribution in [3.63, 3.8) is 0 Å². The van der Waals surface area contributed by atoms with Crippen molar-refractivity contribution < 1.29 is 4.74 Å². The van der Waals surface area contributed by atoms with Gasteiger partial charge in [-0.05, 0) is 29.6 Å². The Morgan fingerprint density at radius 3 is 2.94 bits per heavy atom. The molecule has 0 bridgehead atoms. The third-order valence-electron chi connectivity index (χ3n) is 2.00. The third kappa shape index (κ3) is 3.58. The molecule has 2 aromatic heterocycles. The lowest BCUT2D eigenvalue weighted by atomic mass is 10.5. The first-order valence-electron chi connectivity index (χ1n) is 5.57. The van der Waals surface area contributed by atoms with Crippen molar-refractivity contribution in [2.45, 2.75) is 22.7 Å². The molecule has 0 unspecified atom stereocenters. The van der Waals surface area contributed by atoms with E-state index in [0.29, 0.717) is 17.1 Å². The molecule has 0 aliphatic rings. The summed E-state index contributed by atoms with van der Waals surface area (Å²) < 4.78 is 6.23. The molecule has 2 heterocycles. The van der Waals surface area contributed by atoms with Gasteiger partial charge in [-0.1, -0.05) is 13.0 Å². The van der Waals surface area contributed by atoms with E-state index >= 15 is 0 Å². The Morgan fingerprint density at radius 1 is 1.39 bits per heavy atom. The molecule has 18 heavy (non-hydrogen) atoms. The van der Waals surface area contributed by atoms with Crippen LogP contribution in [-0.4, -0.2) is 28.6 Å². The molecule has 0 aliphatic heterocycles. The molecule has 0 saturated heterocycles. The number of anilines is 1. The highest BCUT2D eigenvalue weighted by atomic mass is 32.2. The number of hydrogen-bond donors (Lipinski definition) is 1. The highest BCUT2D eigenvalue weighted by molar-refractivity contribution is 8.01. The van der Waals surface area contributed by atoms with Gasteiger partial charge in [0, 0.05) is 6.54 Å². The average molecular weight is 282 g/mol. The van der Waals surface area contributed by atoms with Gasteiger partial charge in [-0.25, -0.2) is 0 Å². The molecule has 0 fully saturated rings. The van der Waals surface area contributed by atoms with Crippen molar-refractivity contribution in [2.24, 2.45) is 0 Å². The molecular weight excluding hydrogens is 268 g/mol. The fourth-order valence-corrected chi connectivity index (χ4v) is 2.82. The Hall–Kier alpha value is -1.34. The predicted molar refractivity (Wildman–Crippen MR) is 73.6 cm³/mol. The van der Waals surface area contributed by atoms with Gasteiger partial charge >= 0.3 is 6.01 Å². The SMILES string of the molecule is CCCNc1nc(OC)nc(Sc2cccs2)n1. The van der Waals surface area contributed by atoms with E-state index in [2.05, 4.69) is 27.2 Å². The maximum absolute atomic E-state index is 5.08. The van der Waals surface area contributed by atoms with Crippen LogP contribution in [0.15, 0.2) is 26.9 Å². The molecule has 2 aromatic rings. The maximum atomic E-state index is 5.08. The Labute approximate surface area is 114 Å². The second kappa shape index (κ2) is 6.55. The molecular formula is C11H14N4OS2. The molecule has 0 radical (unpaired) electrons. The van der Waals surface area contributed by atoms with Crippen LogP contribution in [-0.2, 0) is 0 Å². The van der Waals surface area contributed by atoms with Crippen molar-refractivity contribution in [2.75, 3.05) is 19.0 Å². The van der Waals surface area contributed by atoms with Crippen LogP contribution in [0, 0.1) is 0 Å². The minimum Gasteiger partial charge on any atom is -0.467 e. The summed E-state index contributed by atoms with van der Waals surface area (Å²) in [4.78, 5) is 12.7. The zero-order valence-electron chi connectivity index (χ0n) is 10.2. The molecule has 0 aliphatic carbocycles. The van der Waals surface area contributed by atoms with Crippen molar-refractivity contribution in [1.29, 1.82) is 0 Å². The first-order chi connectivity index (χ1) is 8.81. The van der Waals surface area contributed by atoms with Crippen LogP contribution in [0.5, 0.6) is 6.01 Å². The lowest BCUT2D eigenvalue weighted by Crippen LogP contribution is -2.07. The largest absolute Gasteiger partial charge is 0.467 e. The second-order valence-electron chi connectivity index (χ2n) is 3.39. The summed E-state index contributed by atoms with van der Waals surface area (Å²) in [6.07, 6.45) is 1.02. The van der Waals surface area contributed by atoms with E-state index in [4.69, 9.17) is 4.74 Å². The molecule has 0 amide bonds. The van der Waals surface area contributed by atoms with E-state index < -0.39 is 0 Å². The van der Waals surface area contributed by atoms with Gasteiger partial charge in [0.1, 0.15) is 0 Å². The van der Waals surface area contributed by atoms with Crippen LogP contribution >= 0.6 is 23.1 Å². The van der Waals surface area contributed by atoms with Gasteiger partial charge in [-0.2, -0.15) is 15.0 Å². The van der Waals surface area contributed by atoms with Crippen LogP contribution < -0.4 is 10.1 Å². The molecule has 7 heteroatoms. The zero-order chi connectivity index (χ0) is 12.8. The lowest BCUT2D eigenvalue weighted by Gasteiger charge is -2.06. The minimum absolute atomic E-state index is 0.336. The van der Waals surface area contributed by atoms with Gasteiger partial charge in [0.15, 0.2) is 0 Å². The van der Waals surface area contributed by atoms with E-state index in [0.717, 1.165) is 17.2 Å². The Bertz CT molecular complexity index is 490. The molecule has 0 atom stereocenters. The monoisotopic (exact) mass is 282 g/mol. The highest BCUT2D eigenvalue weighted by Crippen LogP contribution is 2.29. The molecule has 0 aromatic carbocycles. The highest BCUT2D eigenvalue weighted by Gasteiger charge is 2.08. The van der Waals surface area contributed by atoms with E-state index in [1.54, 1.807) is 18.4 Å². The molecule has 2 rings (SSSR count). The lowest BCUT2D eigenvalue weighted by molar-refractivity contribution is 0.373. The fourth-order valence-electron chi connectivity index (χ4n) is 1.20. The number of nitrogens with zero attached hydrogens (tertiary/aromatic N) is 3. The molecule has 1 N–H and O–H groups in total. The summed E-state index contributed by atoms with van der Waals surface area (Å²) in [5, 5.41) is 5.80. The first-order valence-corrected chi connectivity index (χ1v) is 7.26. The molecule has 0 spiro atoms. The van der Waals surface area contributed by atoms with Crippen molar-refractivity contribution in [3.8, 4) is 6.01 Å². The van der Waals surface area contributed by atoms with Gasteiger partial charge in [0.2, 0.25) is 11.1 Å². The fraction of sp³-hybridized carbons (Fsp3) is 0.364. The van der Waals surface area contributed by atoms with Gasteiger partial charge in [-0.3, -0.25) is 0 Å². The standard InChI is InChI=1S/C11H14N4OS2/c1-3-6-12-9-13-10(16-2)15-11(14-9)18-8-5-4-7-17-8/h4-5,7H,3,6H2,1-2H3,(H,12,13,14,15). The van der Waals surface area contributed by atoms with E-state index in [-0.39, 0.29) is 0 Å². The Morgan fingerprint density at radius 2 is 2.28 bits per heavy atom. The topological polar surface area (TPSA) is 59.9 Å². The molecule has 96 valence electrons. The number of methoxy groups -OCH3 is 1. The summed E-state index contributed by atoms with van der Waals surface area (Å²) in [6.45, 7) is 2.92. The summed E-state index contributed by atoms with van der Waals surface area (Å²) >= 11 is 3.16. The van der Waals surface area contributed by atoms with Crippen LogP contribution in [0.2, 0.25) is 0 Å². The number of rotatable bonds is 6. The normalized spacial score (nSPS) is 10.3.